The van der Waals surface area contributed by atoms with Gasteiger partial charge in [0, 0.05) is 11.6 Å². The predicted octanol–water partition coefficient (Wildman–Crippen LogP) is 4.58. The highest BCUT2D eigenvalue weighted by molar-refractivity contribution is 5.95. The zero-order chi connectivity index (χ0) is 16.8. The summed E-state index contributed by atoms with van der Waals surface area (Å²) in [6, 6.07) is 17.9. The van der Waals surface area contributed by atoms with Crippen LogP contribution in [0.1, 0.15) is 24.8 Å². The Labute approximate surface area is 143 Å². The second-order valence-corrected chi connectivity index (χ2v) is 6.09. The summed E-state index contributed by atoms with van der Waals surface area (Å²) in [6.07, 6.45) is 7.04. The molecule has 1 aliphatic rings. The molecule has 0 bridgehead atoms. The van der Waals surface area contributed by atoms with E-state index in [1.54, 1.807) is 7.11 Å². The second-order valence-electron chi connectivity index (χ2n) is 6.09. The van der Waals surface area contributed by atoms with Gasteiger partial charge in [0.1, 0.15) is 5.75 Å². The van der Waals surface area contributed by atoms with Crippen molar-refractivity contribution in [3.63, 3.8) is 0 Å². The molecule has 3 heteroatoms. The minimum absolute atomic E-state index is 0.0702. The minimum Gasteiger partial charge on any atom is -0.497 e. The van der Waals surface area contributed by atoms with E-state index < -0.39 is 0 Å². The quantitative estimate of drug-likeness (QED) is 0.754. The SMILES string of the molecule is COc1ccc(N(Cc2ccccc2)C(=O)C2CC=CCC2)cc1. The van der Waals surface area contributed by atoms with E-state index in [1.807, 2.05) is 47.4 Å². The van der Waals surface area contributed by atoms with Gasteiger partial charge in [-0.25, -0.2) is 0 Å². The number of ether oxygens (including phenoxy) is 1. The number of rotatable bonds is 5. The number of anilines is 1. The van der Waals surface area contributed by atoms with Crippen LogP contribution in [0.5, 0.6) is 5.75 Å². The second kappa shape index (κ2) is 7.82. The molecule has 1 aliphatic carbocycles. The molecule has 3 rings (SSSR count). The Bertz CT molecular complexity index is 692. The number of carbonyl (C=O) groups is 1. The number of hydrogen-bond donors (Lipinski definition) is 0. The molecule has 24 heavy (non-hydrogen) atoms. The van der Waals surface area contributed by atoms with Gasteiger partial charge in [0.05, 0.1) is 13.7 Å². The predicted molar refractivity (Wildman–Crippen MR) is 97.1 cm³/mol. The molecule has 1 atom stereocenters. The van der Waals surface area contributed by atoms with Gasteiger partial charge in [-0.2, -0.15) is 0 Å². The molecular formula is C21H23NO2. The van der Waals surface area contributed by atoms with E-state index in [9.17, 15) is 4.79 Å². The maximum atomic E-state index is 13.1. The Morgan fingerprint density at radius 1 is 1.08 bits per heavy atom. The van der Waals surface area contributed by atoms with E-state index in [1.165, 1.54) is 0 Å². The number of nitrogens with zero attached hydrogens (tertiary/aromatic N) is 1. The molecule has 124 valence electrons. The van der Waals surface area contributed by atoms with Gasteiger partial charge in [-0.1, -0.05) is 42.5 Å². The van der Waals surface area contributed by atoms with Crippen LogP contribution in [-0.4, -0.2) is 13.0 Å². The molecule has 2 aromatic carbocycles. The molecule has 0 saturated heterocycles. The maximum Gasteiger partial charge on any atom is 0.230 e. The van der Waals surface area contributed by atoms with Gasteiger partial charge in [-0.15, -0.1) is 0 Å². The number of benzene rings is 2. The van der Waals surface area contributed by atoms with Crippen LogP contribution in [0.3, 0.4) is 0 Å². The van der Waals surface area contributed by atoms with Crippen LogP contribution in [0.25, 0.3) is 0 Å². The molecule has 0 heterocycles. The summed E-state index contributed by atoms with van der Waals surface area (Å²) in [5.74, 6) is 1.07. The van der Waals surface area contributed by atoms with Crippen molar-refractivity contribution in [2.75, 3.05) is 12.0 Å². The Balaban J connectivity index is 1.87. The van der Waals surface area contributed by atoms with Crippen molar-refractivity contribution in [3.05, 3.63) is 72.3 Å². The maximum absolute atomic E-state index is 13.1. The first-order valence-electron chi connectivity index (χ1n) is 8.42. The Kier molecular flexibility index (Phi) is 5.32. The third-order valence-electron chi connectivity index (χ3n) is 4.45. The van der Waals surface area contributed by atoms with Crippen molar-refractivity contribution in [1.82, 2.24) is 0 Å². The molecule has 0 spiro atoms. The highest BCUT2D eigenvalue weighted by atomic mass is 16.5. The summed E-state index contributed by atoms with van der Waals surface area (Å²) in [7, 11) is 1.65. The van der Waals surface area contributed by atoms with Crippen LogP contribution in [0.4, 0.5) is 5.69 Å². The van der Waals surface area contributed by atoms with E-state index in [0.29, 0.717) is 6.54 Å². The lowest BCUT2D eigenvalue weighted by atomic mass is 9.92. The van der Waals surface area contributed by atoms with Crippen molar-refractivity contribution >= 4 is 11.6 Å². The molecular weight excluding hydrogens is 298 g/mol. The van der Waals surface area contributed by atoms with Crippen molar-refractivity contribution in [3.8, 4) is 5.75 Å². The summed E-state index contributed by atoms with van der Waals surface area (Å²) < 4.78 is 5.23. The molecule has 0 fully saturated rings. The summed E-state index contributed by atoms with van der Waals surface area (Å²) in [4.78, 5) is 15.0. The fourth-order valence-electron chi connectivity index (χ4n) is 3.06. The number of methoxy groups -OCH3 is 1. The number of allylic oxidation sites excluding steroid dienone is 2. The first-order valence-corrected chi connectivity index (χ1v) is 8.42. The topological polar surface area (TPSA) is 29.5 Å². The lowest BCUT2D eigenvalue weighted by Crippen LogP contribution is -2.36. The molecule has 3 nitrogen and oxygen atoms in total. The average Bonchev–Trinajstić information content (AvgIpc) is 2.67. The van der Waals surface area contributed by atoms with Crippen LogP contribution < -0.4 is 9.64 Å². The molecule has 0 N–H and O–H groups in total. The summed E-state index contributed by atoms with van der Waals surface area (Å²) >= 11 is 0. The number of amides is 1. The zero-order valence-electron chi connectivity index (χ0n) is 14.0. The summed E-state index contributed by atoms with van der Waals surface area (Å²) in [6.45, 7) is 0.590. The van der Waals surface area contributed by atoms with Gasteiger partial charge in [0.2, 0.25) is 5.91 Å². The Morgan fingerprint density at radius 2 is 1.83 bits per heavy atom. The first kappa shape index (κ1) is 16.3. The molecule has 0 saturated carbocycles. The van der Waals surface area contributed by atoms with Crippen LogP contribution in [0.2, 0.25) is 0 Å². The lowest BCUT2D eigenvalue weighted by molar-refractivity contribution is -0.122. The Hall–Kier alpha value is -2.55. The molecule has 2 aromatic rings. The van der Waals surface area contributed by atoms with Gasteiger partial charge < -0.3 is 9.64 Å². The largest absolute Gasteiger partial charge is 0.497 e. The van der Waals surface area contributed by atoms with E-state index in [4.69, 9.17) is 4.74 Å². The summed E-state index contributed by atoms with van der Waals surface area (Å²) in [5.41, 5.74) is 2.05. The van der Waals surface area contributed by atoms with Crippen molar-refractivity contribution in [1.29, 1.82) is 0 Å². The Morgan fingerprint density at radius 3 is 2.46 bits per heavy atom. The standard InChI is InChI=1S/C21H23NO2/c1-24-20-14-12-19(13-15-20)22(16-17-8-4-2-5-9-17)21(23)18-10-6-3-7-11-18/h2-6,8-9,12-15,18H,7,10-11,16H2,1H3. The van der Waals surface area contributed by atoms with Crippen LogP contribution >= 0.6 is 0 Å². The molecule has 0 radical (unpaired) electrons. The third-order valence-corrected chi connectivity index (χ3v) is 4.45. The lowest BCUT2D eigenvalue weighted by Gasteiger charge is -2.28. The normalized spacial score (nSPS) is 16.6. The van der Waals surface area contributed by atoms with Gasteiger partial charge in [0.15, 0.2) is 0 Å². The molecule has 1 amide bonds. The average molecular weight is 321 g/mol. The van der Waals surface area contributed by atoms with Crippen molar-refractivity contribution in [2.24, 2.45) is 5.92 Å². The minimum atomic E-state index is 0.0702. The fraction of sp³-hybridized carbons (Fsp3) is 0.286. The third kappa shape index (κ3) is 3.85. The summed E-state index contributed by atoms with van der Waals surface area (Å²) in [5, 5.41) is 0. The van der Waals surface area contributed by atoms with Gasteiger partial charge in [-0.05, 0) is 49.1 Å². The van der Waals surface area contributed by atoms with Gasteiger partial charge in [0.25, 0.3) is 0 Å². The smallest absolute Gasteiger partial charge is 0.230 e. The first-order chi connectivity index (χ1) is 11.8. The fourth-order valence-corrected chi connectivity index (χ4v) is 3.06. The highest BCUT2D eigenvalue weighted by Gasteiger charge is 2.25. The molecule has 0 aliphatic heterocycles. The van der Waals surface area contributed by atoms with Crippen LogP contribution in [0.15, 0.2) is 66.7 Å². The van der Waals surface area contributed by atoms with Crippen LogP contribution in [0, 0.1) is 5.92 Å². The zero-order valence-corrected chi connectivity index (χ0v) is 14.0. The van der Waals surface area contributed by atoms with Crippen molar-refractivity contribution < 1.29 is 9.53 Å². The van der Waals surface area contributed by atoms with E-state index >= 15 is 0 Å². The van der Waals surface area contributed by atoms with Crippen molar-refractivity contribution in [2.45, 2.75) is 25.8 Å². The molecule has 0 aromatic heterocycles. The van der Waals surface area contributed by atoms with Gasteiger partial charge >= 0.3 is 0 Å². The van der Waals surface area contributed by atoms with E-state index in [-0.39, 0.29) is 11.8 Å². The highest BCUT2D eigenvalue weighted by Crippen LogP contribution is 2.27. The number of carbonyl (C=O) groups excluding carboxylic acids is 1. The molecule has 1 unspecified atom stereocenters. The van der Waals surface area contributed by atoms with Crippen LogP contribution in [-0.2, 0) is 11.3 Å². The van der Waals surface area contributed by atoms with E-state index in [0.717, 1.165) is 36.3 Å². The van der Waals surface area contributed by atoms with Gasteiger partial charge in [-0.3, -0.25) is 4.79 Å². The monoisotopic (exact) mass is 321 g/mol. The van der Waals surface area contributed by atoms with E-state index in [2.05, 4.69) is 24.3 Å². The number of hydrogen-bond acceptors (Lipinski definition) is 2.